The summed E-state index contributed by atoms with van der Waals surface area (Å²) in [6, 6.07) is 7.01. The zero-order valence-electron chi connectivity index (χ0n) is 12.5. The molecule has 1 aliphatic heterocycles. The summed E-state index contributed by atoms with van der Waals surface area (Å²) in [6.07, 6.45) is 2.76. The lowest BCUT2D eigenvalue weighted by Gasteiger charge is -2.12. The Morgan fingerprint density at radius 1 is 1.24 bits per heavy atom. The van der Waals surface area contributed by atoms with Gasteiger partial charge in [-0.3, -0.25) is 0 Å². The van der Waals surface area contributed by atoms with Crippen molar-refractivity contribution in [2.75, 3.05) is 26.3 Å². The van der Waals surface area contributed by atoms with Crippen LogP contribution in [-0.2, 0) is 21.2 Å². The van der Waals surface area contributed by atoms with E-state index in [1.54, 1.807) is 12.1 Å². The van der Waals surface area contributed by atoms with Gasteiger partial charge in [0.25, 0.3) is 0 Å². The fourth-order valence-electron chi connectivity index (χ4n) is 2.28. The van der Waals surface area contributed by atoms with Crippen molar-refractivity contribution in [3.05, 3.63) is 29.8 Å². The van der Waals surface area contributed by atoms with Gasteiger partial charge >= 0.3 is 0 Å². The van der Waals surface area contributed by atoms with Gasteiger partial charge in [0, 0.05) is 12.6 Å². The minimum atomic E-state index is -3.44. The van der Waals surface area contributed by atoms with Crippen LogP contribution in [0.4, 0.5) is 0 Å². The van der Waals surface area contributed by atoms with Gasteiger partial charge in [-0.05, 0) is 50.0 Å². The van der Waals surface area contributed by atoms with Gasteiger partial charge in [-0.1, -0.05) is 19.1 Å². The highest BCUT2D eigenvalue weighted by atomic mass is 32.2. The van der Waals surface area contributed by atoms with E-state index in [1.807, 2.05) is 12.1 Å². The van der Waals surface area contributed by atoms with Crippen LogP contribution in [0.3, 0.4) is 0 Å². The molecule has 1 unspecified atom stereocenters. The second kappa shape index (κ2) is 7.89. The maximum atomic E-state index is 12.2. The summed E-state index contributed by atoms with van der Waals surface area (Å²) >= 11 is 0. The van der Waals surface area contributed by atoms with Gasteiger partial charge in [-0.2, -0.15) is 0 Å². The number of benzene rings is 1. The van der Waals surface area contributed by atoms with E-state index < -0.39 is 10.0 Å². The first-order valence-electron chi connectivity index (χ1n) is 7.51. The molecule has 0 spiro atoms. The molecule has 2 N–H and O–H groups in total. The van der Waals surface area contributed by atoms with Crippen LogP contribution in [0.5, 0.6) is 0 Å². The summed E-state index contributed by atoms with van der Waals surface area (Å²) in [5.74, 6) is 0. The maximum Gasteiger partial charge on any atom is 0.240 e. The first kappa shape index (κ1) is 16.4. The van der Waals surface area contributed by atoms with Gasteiger partial charge in [0.05, 0.1) is 11.5 Å². The van der Waals surface area contributed by atoms with E-state index >= 15 is 0 Å². The minimum absolute atomic E-state index is 0.104. The average molecular weight is 312 g/mol. The highest BCUT2D eigenvalue weighted by molar-refractivity contribution is 7.89. The Morgan fingerprint density at radius 3 is 2.62 bits per heavy atom. The molecule has 1 aromatic rings. The van der Waals surface area contributed by atoms with Crippen LogP contribution in [0, 0.1) is 0 Å². The largest absolute Gasteiger partial charge is 0.380 e. The molecule has 0 amide bonds. The molecule has 1 fully saturated rings. The highest BCUT2D eigenvalue weighted by Gasteiger charge is 2.23. The molecule has 1 heterocycles. The summed E-state index contributed by atoms with van der Waals surface area (Å²) < 4.78 is 32.3. The molecular weight excluding hydrogens is 288 g/mol. The van der Waals surface area contributed by atoms with E-state index in [2.05, 4.69) is 17.0 Å². The van der Waals surface area contributed by atoms with E-state index in [0.717, 1.165) is 37.9 Å². The number of rotatable bonds is 8. The zero-order chi connectivity index (χ0) is 15.1. The minimum Gasteiger partial charge on any atom is -0.380 e. The molecule has 1 saturated heterocycles. The third-order valence-electron chi connectivity index (χ3n) is 3.50. The van der Waals surface area contributed by atoms with E-state index in [-0.39, 0.29) is 6.04 Å². The molecule has 6 heteroatoms. The number of nitrogens with one attached hydrogen (secondary N) is 2. The van der Waals surface area contributed by atoms with E-state index in [1.165, 1.54) is 0 Å². The molecule has 0 saturated carbocycles. The quantitative estimate of drug-likeness (QED) is 0.710. The molecule has 0 aromatic heterocycles. The predicted molar refractivity (Wildman–Crippen MR) is 82.9 cm³/mol. The second-order valence-electron chi connectivity index (χ2n) is 5.33. The van der Waals surface area contributed by atoms with Crippen molar-refractivity contribution in [1.29, 1.82) is 0 Å². The van der Waals surface area contributed by atoms with Crippen molar-refractivity contribution in [3.8, 4) is 0 Å². The Morgan fingerprint density at radius 2 is 2.00 bits per heavy atom. The van der Waals surface area contributed by atoms with Crippen LogP contribution >= 0.6 is 0 Å². The Bertz CT molecular complexity index is 522. The molecule has 0 radical (unpaired) electrons. The molecule has 0 aliphatic carbocycles. The van der Waals surface area contributed by atoms with Crippen molar-refractivity contribution < 1.29 is 13.2 Å². The molecule has 1 atom stereocenters. The summed E-state index contributed by atoms with van der Waals surface area (Å²) in [5, 5.41) is 3.33. The number of sulfonamides is 1. The smallest absolute Gasteiger partial charge is 0.240 e. The van der Waals surface area contributed by atoms with E-state index in [4.69, 9.17) is 4.74 Å². The first-order valence-corrected chi connectivity index (χ1v) is 9.00. The number of hydrogen-bond donors (Lipinski definition) is 2. The van der Waals surface area contributed by atoms with Crippen LogP contribution in [-0.4, -0.2) is 40.8 Å². The molecule has 21 heavy (non-hydrogen) atoms. The Balaban J connectivity index is 1.90. The maximum absolute atomic E-state index is 12.2. The van der Waals surface area contributed by atoms with Crippen molar-refractivity contribution >= 4 is 10.0 Å². The summed E-state index contributed by atoms with van der Waals surface area (Å²) in [7, 11) is -3.44. The topological polar surface area (TPSA) is 67.4 Å². The van der Waals surface area contributed by atoms with Crippen LogP contribution in [0.1, 0.15) is 25.3 Å². The van der Waals surface area contributed by atoms with Crippen molar-refractivity contribution in [2.45, 2.75) is 37.1 Å². The van der Waals surface area contributed by atoms with Gasteiger partial charge in [-0.15, -0.1) is 0 Å². The number of ether oxygens (including phenoxy) is 1. The Labute approximate surface area is 127 Å². The summed E-state index contributed by atoms with van der Waals surface area (Å²) in [5.41, 5.74) is 1.14. The lowest BCUT2D eigenvalue weighted by atomic mass is 10.1. The molecule has 2 rings (SSSR count). The SMILES string of the molecule is CCCNCCc1ccc(S(=O)(=O)NC2CCOC2)cc1. The van der Waals surface area contributed by atoms with Crippen LogP contribution in [0.2, 0.25) is 0 Å². The summed E-state index contributed by atoms with van der Waals surface area (Å²) in [6.45, 7) is 5.14. The van der Waals surface area contributed by atoms with Crippen molar-refractivity contribution in [3.63, 3.8) is 0 Å². The highest BCUT2D eigenvalue weighted by Crippen LogP contribution is 2.13. The van der Waals surface area contributed by atoms with Crippen molar-refractivity contribution in [1.82, 2.24) is 10.0 Å². The molecular formula is C15H24N2O3S. The van der Waals surface area contributed by atoms with Gasteiger partial charge < -0.3 is 10.1 Å². The molecule has 118 valence electrons. The van der Waals surface area contributed by atoms with Crippen LogP contribution in [0.25, 0.3) is 0 Å². The lowest BCUT2D eigenvalue weighted by Crippen LogP contribution is -2.34. The van der Waals surface area contributed by atoms with Gasteiger partial charge in [-0.25, -0.2) is 13.1 Å². The Hall–Kier alpha value is -0.950. The summed E-state index contributed by atoms with van der Waals surface area (Å²) in [4.78, 5) is 0.319. The molecule has 5 nitrogen and oxygen atoms in total. The molecule has 1 aromatic carbocycles. The number of hydrogen-bond acceptors (Lipinski definition) is 4. The first-order chi connectivity index (χ1) is 10.1. The molecule has 1 aliphatic rings. The fraction of sp³-hybridized carbons (Fsp3) is 0.600. The molecule has 0 bridgehead atoms. The van der Waals surface area contributed by atoms with Crippen LogP contribution < -0.4 is 10.0 Å². The van der Waals surface area contributed by atoms with E-state index in [0.29, 0.717) is 18.1 Å². The fourth-order valence-corrected chi connectivity index (χ4v) is 3.54. The lowest BCUT2D eigenvalue weighted by molar-refractivity contribution is 0.192. The van der Waals surface area contributed by atoms with Gasteiger partial charge in [0.15, 0.2) is 0 Å². The van der Waals surface area contributed by atoms with Crippen LogP contribution in [0.15, 0.2) is 29.2 Å². The zero-order valence-corrected chi connectivity index (χ0v) is 13.3. The third kappa shape index (κ3) is 5.07. The standard InChI is InChI=1S/C15H24N2O3S/c1-2-9-16-10-7-13-3-5-15(6-4-13)21(18,19)17-14-8-11-20-12-14/h3-6,14,16-17H,2,7-12H2,1H3. The monoisotopic (exact) mass is 312 g/mol. The van der Waals surface area contributed by atoms with Gasteiger partial charge in [0.1, 0.15) is 0 Å². The second-order valence-corrected chi connectivity index (χ2v) is 7.04. The van der Waals surface area contributed by atoms with Gasteiger partial charge in [0.2, 0.25) is 10.0 Å². The van der Waals surface area contributed by atoms with E-state index in [9.17, 15) is 8.42 Å². The average Bonchev–Trinajstić information content (AvgIpc) is 2.96. The third-order valence-corrected chi connectivity index (χ3v) is 5.04. The predicted octanol–water partition coefficient (Wildman–Crippen LogP) is 1.30. The normalized spacial score (nSPS) is 19.0. The Kier molecular flexibility index (Phi) is 6.17. The van der Waals surface area contributed by atoms with Crippen molar-refractivity contribution in [2.24, 2.45) is 0 Å².